The highest BCUT2D eigenvalue weighted by molar-refractivity contribution is 5.65. The van der Waals surface area contributed by atoms with Crippen LogP contribution in [0.4, 0.5) is 4.79 Å². The van der Waals surface area contributed by atoms with Gasteiger partial charge in [0.15, 0.2) is 0 Å². The Morgan fingerprint density at radius 3 is 2.75 bits per heavy atom. The first-order chi connectivity index (χ1) is 5.65. The van der Waals surface area contributed by atoms with Gasteiger partial charge in [-0.2, -0.15) is 0 Å². The van der Waals surface area contributed by atoms with Gasteiger partial charge in [-0.25, -0.2) is 4.79 Å². The summed E-state index contributed by atoms with van der Waals surface area (Å²) in [5.41, 5.74) is 5.39. The number of hydrogen-bond acceptors (Lipinski definition) is 3. The second-order valence-electron chi connectivity index (χ2n) is 3.08. The van der Waals surface area contributed by atoms with Crippen LogP contribution in [0.1, 0.15) is 6.42 Å². The monoisotopic (exact) mass is 174 g/mol. The van der Waals surface area contributed by atoms with Gasteiger partial charge in [0.05, 0.1) is 12.6 Å². The van der Waals surface area contributed by atoms with Crippen LogP contribution in [0.15, 0.2) is 0 Å². The molecule has 1 saturated heterocycles. The lowest BCUT2D eigenvalue weighted by atomic mass is 9.94. The minimum Gasteiger partial charge on any atom is -0.465 e. The molecular weight excluding hydrogens is 160 g/mol. The van der Waals surface area contributed by atoms with Gasteiger partial charge in [0.2, 0.25) is 0 Å². The molecule has 1 fully saturated rings. The highest BCUT2D eigenvalue weighted by Crippen LogP contribution is 2.16. The van der Waals surface area contributed by atoms with Crippen molar-refractivity contribution in [2.45, 2.75) is 12.5 Å². The van der Waals surface area contributed by atoms with E-state index in [1.54, 1.807) is 0 Å². The number of hydrogen-bond donors (Lipinski definition) is 3. The molecule has 0 aromatic heterocycles. The summed E-state index contributed by atoms with van der Waals surface area (Å²) in [5.74, 6) is 0.0561. The van der Waals surface area contributed by atoms with E-state index >= 15 is 0 Å². The van der Waals surface area contributed by atoms with Gasteiger partial charge in [-0.05, 0) is 13.0 Å². The van der Waals surface area contributed by atoms with E-state index in [4.69, 9.17) is 10.8 Å². The maximum atomic E-state index is 10.5. The summed E-state index contributed by atoms with van der Waals surface area (Å²) >= 11 is 0. The third kappa shape index (κ3) is 1.86. The van der Waals surface area contributed by atoms with E-state index in [-0.39, 0.29) is 12.5 Å². The van der Waals surface area contributed by atoms with Crippen LogP contribution in [-0.4, -0.2) is 46.9 Å². The van der Waals surface area contributed by atoms with Crippen molar-refractivity contribution < 1.29 is 15.0 Å². The summed E-state index contributed by atoms with van der Waals surface area (Å²) in [6, 6.07) is 0. The van der Waals surface area contributed by atoms with E-state index in [2.05, 4.69) is 0 Å². The van der Waals surface area contributed by atoms with Crippen molar-refractivity contribution in [2.24, 2.45) is 11.7 Å². The number of β-amino-alcohol motifs (C(OH)–C–C–N with tert-alkyl or cyclic N) is 1. The lowest BCUT2D eigenvalue weighted by Gasteiger charge is -2.33. The van der Waals surface area contributed by atoms with Gasteiger partial charge in [-0.1, -0.05) is 0 Å². The Labute approximate surface area is 70.8 Å². The molecule has 0 aliphatic carbocycles. The van der Waals surface area contributed by atoms with Crippen molar-refractivity contribution in [1.29, 1.82) is 0 Å². The minimum atomic E-state index is -0.968. The number of nitrogens with zero attached hydrogens (tertiary/aromatic N) is 1. The van der Waals surface area contributed by atoms with Crippen molar-refractivity contribution in [1.82, 2.24) is 4.90 Å². The van der Waals surface area contributed by atoms with E-state index in [1.165, 1.54) is 4.90 Å². The maximum Gasteiger partial charge on any atom is 0.407 e. The number of amides is 1. The Bertz CT molecular complexity index is 174. The van der Waals surface area contributed by atoms with Gasteiger partial charge in [0.1, 0.15) is 0 Å². The number of carboxylic acid groups (broad SMARTS) is 1. The van der Waals surface area contributed by atoms with Crippen molar-refractivity contribution in [2.75, 3.05) is 19.6 Å². The molecule has 1 heterocycles. The van der Waals surface area contributed by atoms with E-state index < -0.39 is 12.2 Å². The fourth-order valence-electron chi connectivity index (χ4n) is 1.43. The molecule has 0 bridgehead atoms. The van der Waals surface area contributed by atoms with E-state index in [0.717, 1.165) is 0 Å². The first-order valence-corrected chi connectivity index (χ1v) is 4.01. The number of aliphatic hydroxyl groups excluding tert-OH is 1. The third-order valence-electron chi connectivity index (χ3n) is 2.29. The van der Waals surface area contributed by atoms with Crippen molar-refractivity contribution >= 4 is 6.09 Å². The summed E-state index contributed by atoms with van der Waals surface area (Å²) in [6.07, 6.45) is -0.909. The molecular formula is C7H14N2O3. The zero-order chi connectivity index (χ0) is 9.14. The highest BCUT2D eigenvalue weighted by atomic mass is 16.4. The zero-order valence-electron chi connectivity index (χ0n) is 6.81. The van der Waals surface area contributed by atoms with Crippen LogP contribution in [0.2, 0.25) is 0 Å². The normalized spacial score (nSPS) is 30.3. The van der Waals surface area contributed by atoms with Crippen molar-refractivity contribution in [3.05, 3.63) is 0 Å². The fraction of sp³-hybridized carbons (Fsp3) is 0.857. The molecule has 2 atom stereocenters. The molecule has 12 heavy (non-hydrogen) atoms. The molecule has 1 aliphatic heterocycles. The molecule has 5 nitrogen and oxygen atoms in total. The third-order valence-corrected chi connectivity index (χ3v) is 2.29. The Kier molecular flexibility index (Phi) is 2.88. The predicted octanol–water partition coefficient (Wildman–Crippen LogP) is -0.694. The standard InChI is InChI=1S/C7H14N2O3/c8-3-5-1-2-9(7(11)12)4-6(5)10/h5-6,10H,1-4,8H2,(H,11,12)/t5-,6+/m0/s1. The summed E-state index contributed by atoms with van der Waals surface area (Å²) in [6.45, 7) is 1.10. The Hall–Kier alpha value is -0.810. The average Bonchev–Trinajstić information content (AvgIpc) is 2.04. The van der Waals surface area contributed by atoms with E-state index in [1.807, 2.05) is 0 Å². The molecule has 5 heteroatoms. The largest absolute Gasteiger partial charge is 0.465 e. The predicted molar refractivity (Wildman–Crippen MR) is 42.8 cm³/mol. The average molecular weight is 174 g/mol. The number of rotatable bonds is 1. The molecule has 0 unspecified atom stereocenters. The summed E-state index contributed by atoms with van der Waals surface area (Å²) in [5, 5.41) is 18.0. The lowest BCUT2D eigenvalue weighted by Crippen LogP contribution is -2.48. The maximum absolute atomic E-state index is 10.5. The van der Waals surface area contributed by atoms with Gasteiger partial charge >= 0.3 is 6.09 Å². The number of carbonyl (C=O) groups is 1. The van der Waals surface area contributed by atoms with Crippen LogP contribution < -0.4 is 5.73 Å². The van der Waals surface area contributed by atoms with Crippen LogP contribution >= 0.6 is 0 Å². The zero-order valence-corrected chi connectivity index (χ0v) is 6.81. The SMILES string of the molecule is NC[C@@H]1CCN(C(=O)O)C[C@H]1O. The minimum absolute atomic E-state index is 0.0561. The summed E-state index contributed by atoms with van der Waals surface area (Å²) in [4.78, 5) is 11.7. The summed E-state index contributed by atoms with van der Waals surface area (Å²) in [7, 11) is 0. The summed E-state index contributed by atoms with van der Waals surface area (Å²) < 4.78 is 0. The molecule has 0 aromatic rings. The Morgan fingerprint density at radius 2 is 2.33 bits per heavy atom. The van der Waals surface area contributed by atoms with Gasteiger partial charge in [0, 0.05) is 12.5 Å². The van der Waals surface area contributed by atoms with Gasteiger partial charge in [-0.15, -0.1) is 0 Å². The highest BCUT2D eigenvalue weighted by Gasteiger charge is 2.28. The van der Waals surface area contributed by atoms with Crippen molar-refractivity contribution in [3.8, 4) is 0 Å². The number of piperidine rings is 1. The van der Waals surface area contributed by atoms with Crippen LogP contribution in [0.5, 0.6) is 0 Å². The molecule has 4 N–H and O–H groups in total. The molecule has 0 aromatic carbocycles. The second-order valence-corrected chi connectivity index (χ2v) is 3.08. The molecule has 1 aliphatic rings. The topological polar surface area (TPSA) is 86.8 Å². The van der Waals surface area contributed by atoms with Gasteiger partial charge < -0.3 is 20.8 Å². The molecule has 1 amide bonds. The van der Waals surface area contributed by atoms with Crippen molar-refractivity contribution in [3.63, 3.8) is 0 Å². The van der Waals surface area contributed by atoms with Crippen LogP contribution in [0.25, 0.3) is 0 Å². The molecule has 0 radical (unpaired) electrons. The first kappa shape index (κ1) is 9.28. The number of likely N-dealkylation sites (tertiary alicyclic amines) is 1. The fourth-order valence-corrected chi connectivity index (χ4v) is 1.43. The van der Waals surface area contributed by atoms with Gasteiger partial charge in [-0.3, -0.25) is 0 Å². The number of nitrogens with two attached hydrogens (primary N) is 1. The first-order valence-electron chi connectivity index (χ1n) is 4.01. The molecule has 0 spiro atoms. The van der Waals surface area contributed by atoms with E-state index in [9.17, 15) is 9.90 Å². The van der Waals surface area contributed by atoms with Crippen LogP contribution in [0.3, 0.4) is 0 Å². The molecule has 0 saturated carbocycles. The van der Waals surface area contributed by atoms with Gasteiger partial charge in [0.25, 0.3) is 0 Å². The molecule has 70 valence electrons. The van der Waals surface area contributed by atoms with E-state index in [0.29, 0.717) is 19.5 Å². The quantitative estimate of drug-likeness (QED) is 0.491. The molecule has 1 rings (SSSR count). The Morgan fingerprint density at radius 1 is 1.67 bits per heavy atom. The number of aliphatic hydroxyl groups is 1. The van der Waals surface area contributed by atoms with Crippen LogP contribution in [0, 0.1) is 5.92 Å². The second kappa shape index (κ2) is 3.73. The lowest BCUT2D eigenvalue weighted by molar-refractivity contribution is 0.0280. The Balaban J connectivity index is 2.46. The smallest absolute Gasteiger partial charge is 0.407 e. The van der Waals surface area contributed by atoms with Crippen LogP contribution in [-0.2, 0) is 0 Å².